The molecule has 0 amide bonds. The van der Waals surface area contributed by atoms with E-state index < -0.39 is 0 Å². The van der Waals surface area contributed by atoms with Gasteiger partial charge in [0, 0.05) is 19.1 Å². The molecule has 1 rings (SSSR count). The highest BCUT2D eigenvalue weighted by Crippen LogP contribution is 2.05. The fraction of sp³-hybridized carbons (Fsp3) is 0.611. The smallest absolute Gasteiger partial charge is 0.191 e. The van der Waals surface area contributed by atoms with Crippen molar-refractivity contribution in [2.45, 2.75) is 45.6 Å². The first-order valence-corrected chi connectivity index (χ1v) is 9.73. The van der Waals surface area contributed by atoms with Gasteiger partial charge < -0.3 is 10.6 Å². The summed E-state index contributed by atoms with van der Waals surface area (Å²) in [5.41, 5.74) is 1.40. The fourth-order valence-corrected chi connectivity index (χ4v) is 2.70. The van der Waals surface area contributed by atoms with Gasteiger partial charge in [-0.05, 0) is 57.1 Å². The van der Waals surface area contributed by atoms with Crippen LogP contribution in [-0.2, 0) is 6.42 Å². The predicted octanol–water partition coefficient (Wildman–Crippen LogP) is 3.71. The lowest BCUT2D eigenvalue weighted by Crippen LogP contribution is -2.42. The van der Waals surface area contributed by atoms with E-state index in [2.05, 4.69) is 66.1 Å². The number of rotatable bonds is 10. The number of unbranched alkanes of at least 4 members (excludes halogenated alkanes) is 1. The van der Waals surface area contributed by atoms with Gasteiger partial charge in [-0.2, -0.15) is 11.8 Å². The van der Waals surface area contributed by atoms with Crippen molar-refractivity contribution in [1.82, 2.24) is 10.6 Å². The van der Waals surface area contributed by atoms with E-state index in [0.717, 1.165) is 38.3 Å². The Morgan fingerprint density at radius 2 is 2.00 bits per heavy atom. The van der Waals surface area contributed by atoms with Crippen LogP contribution in [0.1, 0.15) is 38.7 Å². The van der Waals surface area contributed by atoms with Crippen LogP contribution in [0.4, 0.5) is 0 Å². The molecule has 1 unspecified atom stereocenters. The van der Waals surface area contributed by atoms with Crippen LogP contribution in [0.25, 0.3) is 0 Å². The molecule has 0 spiro atoms. The van der Waals surface area contributed by atoms with Gasteiger partial charge in [-0.3, -0.25) is 4.99 Å². The minimum absolute atomic E-state index is 0.421. The zero-order valence-electron chi connectivity index (χ0n) is 14.3. The lowest BCUT2D eigenvalue weighted by molar-refractivity contribution is 0.592. The number of hydrogen-bond donors (Lipinski definition) is 2. The molecule has 0 radical (unpaired) electrons. The number of guanidine groups is 1. The summed E-state index contributed by atoms with van der Waals surface area (Å²) < 4.78 is 0. The maximum atomic E-state index is 4.67. The van der Waals surface area contributed by atoms with Gasteiger partial charge in [-0.15, -0.1) is 0 Å². The van der Waals surface area contributed by atoms with Gasteiger partial charge in [0.05, 0.1) is 0 Å². The maximum absolute atomic E-state index is 4.67. The summed E-state index contributed by atoms with van der Waals surface area (Å²) in [6, 6.07) is 11.1. The van der Waals surface area contributed by atoms with Crippen molar-refractivity contribution in [3.8, 4) is 0 Å². The van der Waals surface area contributed by atoms with Crippen LogP contribution in [-0.4, -0.2) is 37.1 Å². The van der Waals surface area contributed by atoms with E-state index in [9.17, 15) is 0 Å². The number of nitrogens with zero attached hydrogens (tertiary/aromatic N) is 1. The molecule has 1 atom stereocenters. The second-order valence-electron chi connectivity index (χ2n) is 5.53. The molecule has 22 heavy (non-hydrogen) atoms. The number of aliphatic imine (C=N–C) groups is 1. The Morgan fingerprint density at radius 3 is 2.68 bits per heavy atom. The van der Waals surface area contributed by atoms with Gasteiger partial charge in [0.15, 0.2) is 5.96 Å². The zero-order chi connectivity index (χ0) is 16.0. The Balaban J connectivity index is 2.32. The first-order chi connectivity index (χ1) is 10.8. The highest BCUT2D eigenvalue weighted by molar-refractivity contribution is 7.98. The summed E-state index contributed by atoms with van der Waals surface area (Å²) in [6.45, 7) is 6.15. The predicted molar refractivity (Wildman–Crippen MR) is 101 cm³/mol. The molecule has 124 valence electrons. The maximum Gasteiger partial charge on any atom is 0.191 e. The molecule has 3 nitrogen and oxygen atoms in total. The Hall–Kier alpha value is -1.16. The van der Waals surface area contributed by atoms with Crippen LogP contribution >= 0.6 is 11.8 Å². The number of benzene rings is 1. The molecule has 0 aliphatic rings. The molecular formula is C18H31N3S. The van der Waals surface area contributed by atoms with E-state index in [1.165, 1.54) is 17.7 Å². The molecule has 0 saturated heterocycles. The number of nitrogens with one attached hydrogen (secondary N) is 2. The minimum atomic E-state index is 0.421. The molecule has 0 saturated carbocycles. The summed E-state index contributed by atoms with van der Waals surface area (Å²) >= 11 is 1.91. The number of hydrogen-bond acceptors (Lipinski definition) is 2. The highest BCUT2D eigenvalue weighted by Gasteiger charge is 2.05. The van der Waals surface area contributed by atoms with Gasteiger partial charge >= 0.3 is 0 Å². The van der Waals surface area contributed by atoms with E-state index >= 15 is 0 Å². The summed E-state index contributed by atoms with van der Waals surface area (Å²) in [6.07, 6.45) is 6.77. The van der Waals surface area contributed by atoms with Crippen molar-refractivity contribution >= 4 is 17.7 Å². The highest BCUT2D eigenvalue weighted by atomic mass is 32.2. The molecular weight excluding hydrogens is 290 g/mol. The Labute approximate surface area is 140 Å². The first kappa shape index (κ1) is 18.9. The van der Waals surface area contributed by atoms with E-state index in [4.69, 9.17) is 0 Å². The standard InChI is InChI=1S/C18H31N3S/c1-4-19-18(20-14-8-9-15-22-3)21-16(2)12-13-17-10-6-5-7-11-17/h5-7,10-11,16H,4,8-9,12-15H2,1-3H3,(H2,19,20,21). The molecule has 0 fully saturated rings. The van der Waals surface area contributed by atoms with Crippen molar-refractivity contribution in [2.75, 3.05) is 25.1 Å². The zero-order valence-corrected chi connectivity index (χ0v) is 15.1. The van der Waals surface area contributed by atoms with Crippen LogP contribution in [0.15, 0.2) is 35.3 Å². The lowest BCUT2D eigenvalue weighted by Gasteiger charge is -2.18. The molecule has 4 heteroatoms. The molecule has 0 bridgehead atoms. The topological polar surface area (TPSA) is 36.4 Å². The van der Waals surface area contributed by atoms with Gasteiger partial charge in [0.1, 0.15) is 0 Å². The van der Waals surface area contributed by atoms with E-state index in [1.807, 2.05) is 11.8 Å². The van der Waals surface area contributed by atoms with Crippen LogP contribution in [0.3, 0.4) is 0 Å². The van der Waals surface area contributed by atoms with E-state index in [0.29, 0.717) is 6.04 Å². The SMILES string of the molecule is CCNC(=NCCCCSC)NC(C)CCc1ccccc1. The van der Waals surface area contributed by atoms with Gasteiger partial charge in [-0.1, -0.05) is 30.3 Å². The van der Waals surface area contributed by atoms with Crippen molar-refractivity contribution in [1.29, 1.82) is 0 Å². The quantitative estimate of drug-likeness (QED) is 0.392. The first-order valence-electron chi connectivity index (χ1n) is 8.34. The molecule has 0 aliphatic carbocycles. The monoisotopic (exact) mass is 321 g/mol. The van der Waals surface area contributed by atoms with Crippen molar-refractivity contribution in [3.63, 3.8) is 0 Å². The van der Waals surface area contributed by atoms with Gasteiger partial charge in [-0.25, -0.2) is 0 Å². The molecule has 2 N–H and O–H groups in total. The second kappa shape index (κ2) is 12.4. The summed E-state index contributed by atoms with van der Waals surface area (Å²) in [5, 5.41) is 6.85. The molecule has 0 aromatic heterocycles. The molecule has 1 aromatic carbocycles. The van der Waals surface area contributed by atoms with E-state index in [1.54, 1.807) is 0 Å². The van der Waals surface area contributed by atoms with Crippen LogP contribution in [0.2, 0.25) is 0 Å². The number of thioether (sulfide) groups is 1. The van der Waals surface area contributed by atoms with E-state index in [-0.39, 0.29) is 0 Å². The van der Waals surface area contributed by atoms with Crippen LogP contribution in [0, 0.1) is 0 Å². The van der Waals surface area contributed by atoms with Crippen molar-refractivity contribution < 1.29 is 0 Å². The van der Waals surface area contributed by atoms with Gasteiger partial charge in [0.25, 0.3) is 0 Å². The summed E-state index contributed by atoms with van der Waals surface area (Å²) in [7, 11) is 0. The third-order valence-electron chi connectivity index (χ3n) is 3.46. The summed E-state index contributed by atoms with van der Waals surface area (Å²) in [4.78, 5) is 4.67. The van der Waals surface area contributed by atoms with Crippen LogP contribution < -0.4 is 10.6 Å². The average molecular weight is 322 g/mol. The summed E-state index contributed by atoms with van der Waals surface area (Å²) in [5.74, 6) is 2.18. The normalized spacial score (nSPS) is 13.0. The second-order valence-corrected chi connectivity index (χ2v) is 6.52. The third-order valence-corrected chi connectivity index (χ3v) is 4.16. The lowest BCUT2D eigenvalue weighted by atomic mass is 10.1. The average Bonchev–Trinajstić information content (AvgIpc) is 2.54. The van der Waals surface area contributed by atoms with Crippen molar-refractivity contribution in [2.24, 2.45) is 4.99 Å². The third kappa shape index (κ3) is 8.98. The molecule has 1 aromatic rings. The number of aryl methyl sites for hydroxylation is 1. The van der Waals surface area contributed by atoms with Crippen LogP contribution in [0.5, 0.6) is 0 Å². The largest absolute Gasteiger partial charge is 0.357 e. The molecule has 0 heterocycles. The Morgan fingerprint density at radius 1 is 1.23 bits per heavy atom. The minimum Gasteiger partial charge on any atom is -0.357 e. The Kier molecular flexibility index (Phi) is 10.6. The Bertz CT molecular complexity index is 406. The van der Waals surface area contributed by atoms with Crippen molar-refractivity contribution in [3.05, 3.63) is 35.9 Å². The fourth-order valence-electron chi connectivity index (χ4n) is 2.20. The van der Waals surface area contributed by atoms with Gasteiger partial charge in [0.2, 0.25) is 0 Å². The molecule has 0 aliphatic heterocycles.